The van der Waals surface area contributed by atoms with E-state index >= 15 is 0 Å². The summed E-state index contributed by atoms with van der Waals surface area (Å²) < 4.78 is 38.8. The lowest BCUT2D eigenvalue weighted by Crippen LogP contribution is -2.36. The zero-order valence-electron chi connectivity index (χ0n) is 21.3. The van der Waals surface area contributed by atoms with Gasteiger partial charge in [0.15, 0.2) is 5.82 Å². The van der Waals surface area contributed by atoms with Crippen LogP contribution in [0.15, 0.2) is 47.0 Å². The number of nitrogens with two attached hydrogens (primary N) is 1. The zero-order valence-corrected chi connectivity index (χ0v) is 21.3. The average Bonchev–Trinajstić information content (AvgIpc) is 3.37. The van der Waals surface area contributed by atoms with E-state index in [4.69, 9.17) is 15.0 Å². The van der Waals surface area contributed by atoms with Crippen LogP contribution < -0.4 is 15.4 Å². The molecule has 0 amide bonds. The molecule has 36 heavy (non-hydrogen) atoms. The van der Waals surface area contributed by atoms with Crippen molar-refractivity contribution in [3.05, 3.63) is 71.1 Å². The van der Waals surface area contributed by atoms with Gasteiger partial charge in [0.25, 0.3) is 0 Å². The second-order valence-electron chi connectivity index (χ2n) is 10.1. The molecule has 1 aliphatic heterocycles. The molecule has 1 unspecified atom stereocenters. The zero-order chi connectivity index (χ0) is 25.7. The largest absolute Gasteiger partial charge is 0.494 e. The molecule has 0 radical (unpaired) electrons. The fraction of sp³-hybridized carbons (Fsp3) is 0.500. The Labute approximate surface area is 211 Å². The molecule has 2 heterocycles. The summed E-state index contributed by atoms with van der Waals surface area (Å²) in [6.07, 6.45) is 3.40. The fourth-order valence-corrected chi connectivity index (χ4v) is 4.71. The van der Waals surface area contributed by atoms with Crippen LogP contribution >= 0.6 is 0 Å². The predicted molar refractivity (Wildman–Crippen MR) is 136 cm³/mol. The summed E-state index contributed by atoms with van der Waals surface area (Å²) >= 11 is 0. The second kappa shape index (κ2) is 11.8. The minimum absolute atomic E-state index is 0.228. The van der Waals surface area contributed by atoms with E-state index in [2.05, 4.69) is 35.8 Å². The van der Waals surface area contributed by atoms with Crippen molar-refractivity contribution in [3.63, 3.8) is 0 Å². The first kappa shape index (κ1) is 26.1. The monoisotopic (exact) mass is 498 g/mol. The lowest BCUT2D eigenvalue weighted by molar-refractivity contribution is 0.220. The smallest absolute Gasteiger partial charge is 0.324 e. The number of benzene rings is 2. The van der Waals surface area contributed by atoms with Gasteiger partial charge >= 0.3 is 6.01 Å². The summed E-state index contributed by atoms with van der Waals surface area (Å²) in [4.78, 5) is 6.71. The number of aromatic nitrogens is 2. The van der Waals surface area contributed by atoms with E-state index in [1.54, 1.807) is 0 Å². The van der Waals surface area contributed by atoms with Gasteiger partial charge in [0, 0.05) is 25.0 Å². The lowest BCUT2D eigenvalue weighted by Gasteiger charge is -2.33. The van der Waals surface area contributed by atoms with E-state index in [0.717, 1.165) is 61.6 Å². The van der Waals surface area contributed by atoms with E-state index in [9.17, 15) is 8.78 Å². The maximum absolute atomic E-state index is 13.9. The quantitative estimate of drug-likeness (QED) is 0.367. The van der Waals surface area contributed by atoms with Gasteiger partial charge in [-0.15, -0.1) is 0 Å². The highest BCUT2D eigenvalue weighted by molar-refractivity contribution is 5.31. The molecule has 1 aliphatic rings. The minimum atomic E-state index is -0.464. The number of anilines is 1. The van der Waals surface area contributed by atoms with Crippen molar-refractivity contribution in [2.75, 3.05) is 24.6 Å². The third-order valence-electron chi connectivity index (χ3n) is 7.16. The molecule has 6 nitrogen and oxygen atoms in total. The molecule has 2 atom stereocenters. The highest BCUT2D eigenvalue weighted by Gasteiger charge is 2.26. The molecule has 4 rings (SSSR count). The summed E-state index contributed by atoms with van der Waals surface area (Å²) in [5.74, 6) is 2.08. The predicted octanol–water partition coefficient (Wildman–Crippen LogP) is 6.04. The average molecular weight is 499 g/mol. The first-order valence-corrected chi connectivity index (χ1v) is 12.8. The van der Waals surface area contributed by atoms with Crippen LogP contribution in [0.3, 0.4) is 0 Å². The maximum Gasteiger partial charge on any atom is 0.324 e. The van der Waals surface area contributed by atoms with Crippen molar-refractivity contribution in [1.82, 2.24) is 10.1 Å². The number of halogens is 2. The molecule has 8 heteroatoms. The molecule has 1 aromatic heterocycles. The Morgan fingerprint density at radius 2 is 1.81 bits per heavy atom. The van der Waals surface area contributed by atoms with Gasteiger partial charge in [-0.05, 0) is 79.0 Å². The molecule has 3 aromatic rings. The summed E-state index contributed by atoms with van der Waals surface area (Å²) in [7, 11) is 0. The third-order valence-corrected chi connectivity index (χ3v) is 7.16. The van der Waals surface area contributed by atoms with Crippen LogP contribution in [-0.4, -0.2) is 29.8 Å². The van der Waals surface area contributed by atoms with Gasteiger partial charge in [0.05, 0.1) is 6.61 Å². The molecular weight excluding hydrogens is 462 g/mol. The summed E-state index contributed by atoms with van der Waals surface area (Å²) in [5, 5.41) is 4.07. The van der Waals surface area contributed by atoms with Crippen molar-refractivity contribution in [2.45, 2.75) is 58.4 Å². The first-order chi connectivity index (χ1) is 17.3. The summed E-state index contributed by atoms with van der Waals surface area (Å²) in [6, 6.07) is 11.2. The molecule has 2 aromatic carbocycles. The number of piperidine rings is 1. The molecule has 0 bridgehead atoms. The number of nitrogens with zero attached hydrogens (tertiary/aromatic N) is 3. The van der Waals surface area contributed by atoms with Crippen LogP contribution in [0, 0.1) is 23.5 Å². The summed E-state index contributed by atoms with van der Waals surface area (Å²) in [6.45, 7) is 8.91. The standard InChI is InChI=1S/C28H36F2N4O2/c1-18(2)27-32-28(36-33-27)34-13-10-20(11-14-34)19(3)12-15-35-24-7-4-21(5-8-24)26(31)17-22-16-23(29)6-9-25(22)30/h4-9,16,18-20,26H,10-15,17,31H2,1-3H3/t19?,26-/m1/s1. The van der Waals surface area contributed by atoms with Crippen LogP contribution in [0.4, 0.5) is 14.8 Å². The Morgan fingerprint density at radius 3 is 2.47 bits per heavy atom. The van der Waals surface area contributed by atoms with Crippen molar-refractivity contribution >= 4 is 6.01 Å². The number of ether oxygens (including phenoxy) is 1. The Morgan fingerprint density at radius 1 is 1.08 bits per heavy atom. The van der Waals surface area contributed by atoms with Gasteiger partial charge in [-0.2, -0.15) is 4.98 Å². The Balaban J connectivity index is 1.19. The Kier molecular flexibility index (Phi) is 8.56. The van der Waals surface area contributed by atoms with Gasteiger partial charge in [0.1, 0.15) is 17.4 Å². The van der Waals surface area contributed by atoms with Gasteiger partial charge in [-0.1, -0.05) is 38.1 Å². The van der Waals surface area contributed by atoms with E-state index in [1.165, 1.54) is 6.07 Å². The van der Waals surface area contributed by atoms with Crippen LogP contribution in [0.25, 0.3) is 0 Å². The second-order valence-corrected chi connectivity index (χ2v) is 10.1. The number of hydrogen-bond donors (Lipinski definition) is 1. The van der Waals surface area contributed by atoms with E-state index in [0.29, 0.717) is 24.5 Å². The van der Waals surface area contributed by atoms with E-state index in [1.807, 2.05) is 24.3 Å². The molecule has 1 saturated heterocycles. The SMILES string of the molecule is CC(C)c1noc(N2CCC(C(C)CCOc3ccc([C@H](N)Cc4cc(F)ccc4F)cc3)CC2)n1. The van der Waals surface area contributed by atoms with E-state index in [-0.39, 0.29) is 17.9 Å². The lowest BCUT2D eigenvalue weighted by atomic mass is 9.84. The Hall–Kier alpha value is -3.00. The van der Waals surface area contributed by atoms with E-state index < -0.39 is 17.7 Å². The van der Waals surface area contributed by atoms with Crippen LogP contribution in [0.1, 0.15) is 68.9 Å². The van der Waals surface area contributed by atoms with Gasteiger partial charge in [0.2, 0.25) is 0 Å². The third kappa shape index (κ3) is 6.60. The van der Waals surface area contributed by atoms with Crippen molar-refractivity contribution < 1.29 is 18.0 Å². The van der Waals surface area contributed by atoms with Crippen LogP contribution in [0.2, 0.25) is 0 Å². The fourth-order valence-electron chi connectivity index (χ4n) is 4.71. The molecule has 1 fully saturated rings. The maximum atomic E-state index is 13.9. The van der Waals surface area contributed by atoms with Crippen molar-refractivity contribution in [2.24, 2.45) is 17.6 Å². The number of rotatable bonds is 10. The molecule has 194 valence electrons. The molecule has 2 N–H and O–H groups in total. The highest BCUT2D eigenvalue weighted by Crippen LogP contribution is 2.30. The van der Waals surface area contributed by atoms with Gasteiger partial charge in [-0.25, -0.2) is 8.78 Å². The summed E-state index contributed by atoms with van der Waals surface area (Å²) in [5.41, 5.74) is 7.37. The topological polar surface area (TPSA) is 77.4 Å². The highest BCUT2D eigenvalue weighted by atomic mass is 19.1. The number of hydrogen-bond acceptors (Lipinski definition) is 6. The van der Waals surface area contributed by atoms with Gasteiger partial charge in [-0.3, -0.25) is 0 Å². The van der Waals surface area contributed by atoms with Gasteiger partial charge < -0.3 is 19.9 Å². The van der Waals surface area contributed by atoms with Crippen molar-refractivity contribution in [3.8, 4) is 5.75 Å². The van der Waals surface area contributed by atoms with Crippen LogP contribution in [-0.2, 0) is 6.42 Å². The van der Waals surface area contributed by atoms with Crippen LogP contribution in [0.5, 0.6) is 5.75 Å². The molecule has 0 spiro atoms. The Bertz CT molecular complexity index is 1110. The normalized spacial score (nSPS) is 16.4. The molecular formula is C28H36F2N4O2. The first-order valence-electron chi connectivity index (χ1n) is 12.8. The van der Waals surface area contributed by atoms with Crippen molar-refractivity contribution in [1.29, 1.82) is 0 Å². The minimum Gasteiger partial charge on any atom is -0.494 e. The molecule has 0 aliphatic carbocycles. The molecule has 0 saturated carbocycles.